The van der Waals surface area contributed by atoms with Crippen LogP contribution >= 0.6 is 0 Å². The van der Waals surface area contributed by atoms with E-state index in [1.165, 1.54) is 0 Å². The van der Waals surface area contributed by atoms with Crippen LogP contribution in [0.4, 0.5) is 0 Å². The summed E-state index contributed by atoms with van der Waals surface area (Å²) >= 11 is 0. The molecule has 0 bridgehead atoms. The first-order valence-electron chi connectivity index (χ1n) is 1.83. The van der Waals surface area contributed by atoms with E-state index in [0.29, 0.717) is 0 Å². The third kappa shape index (κ3) is 1.38. The highest BCUT2D eigenvalue weighted by molar-refractivity contribution is 5.94. The molecule has 0 aromatic rings. The number of nitrogens with one attached hydrogen (secondary N) is 1. The molecule has 0 saturated heterocycles. The normalized spacial score (nSPS) is 10.9. The maximum atomic E-state index is 7.98. The summed E-state index contributed by atoms with van der Waals surface area (Å²) in [5, 5.41) is 14.6. The summed E-state index contributed by atoms with van der Waals surface area (Å²) in [5.74, 6) is -0.410. The number of nitrogens with two attached hydrogens (primary N) is 1. The molecular formula is C4H4N4. The molecule has 40 valence electrons. The van der Waals surface area contributed by atoms with E-state index in [4.69, 9.17) is 23.0 Å². The second kappa shape index (κ2) is 2.73. The molecule has 0 aliphatic carbocycles. The van der Waals surface area contributed by atoms with Crippen LogP contribution in [-0.2, 0) is 0 Å². The van der Waals surface area contributed by atoms with Crippen molar-refractivity contribution in [3.05, 3.63) is 11.4 Å². The molecule has 8 heavy (non-hydrogen) atoms. The van der Waals surface area contributed by atoms with Crippen LogP contribution in [0.5, 0.6) is 0 Å². The van der Waals surface area contributed by atoms with Gasteiger partial charge in [0.2, 0.25) is 0 Å². The van der Waals surface area contributed by atoms with Crippen LogP contribution in [-0.4, -0.2) is 11.9 Å². The van der Waals surface area contributed by atoms with E-state index < -0.39 is 11.9 Å². The number of amidine groups is 1. The van der Waals surface area contributed by atoms with E-state index in [1.807, 2.05) is 0 Å². The zero-order chi connectivity index (χ0) is 6.57. The number of nitriles is 1. The zero-order valence-electron chi connectivity index (χ0n) is 4.05. The summed E-state index contributed by atoms with van der Waals surface area (Å²) in [4.78, 5) is 2.65. The second-order valence-electron chi connectivity index (χ2n) is 1.10. The monoisotopic (exact) mass is 108 g/mol. The van der Waals surface area contributed by atoms with Gasteiger partial charge in [0.15, 0.2) is 0 Å². The lowest BCUT2D eigenvalue weighted by molar-refractivity contribution is 1.08. The van der Waals surface area contributed by atoms with Gasteiger partial charge in [0.05, 0.1) is 6.07 Å². The summed E-state index contributed by atoms with van der Waals surface area (Å²) in [6.07, 6.45) is 0. The van der Waals surface area contributed by atoms with Gasteiger partial charge >= 0.3 is 0 Å². The molecule has 4 nitrogen and oxygen atoms in total. The van der Waals surface area contributed by atoms with E-state index in [2.05, 4.69) is 4.85 Å². The summed E-state index contributed by atoms with van der Waals surface area (Å²) in [6, 6.07) is 0.506. The Morgan fingerprint density at radius 2 is 2.50 bits per heavy atom. The molecule has 0 aliphatic rings. The van der Waals surface area contributed by atoms with Gasteiger partial charge in [0, 0.05) is 0 Å². The molecule has 0 spiro atoms. The van der Waals surface area contributed by atoms with E-state index in [-0.39, 0.29) is 0 Å². The average molecular weight is 108 g/mol. The average Bonchev–Trinajstić information content (AvgIpc) is 1.84. The fourth-order valence-electron chi connectivity index (χ4n) is 0.131. The zero-order valence-corrected chi connectivity index (χ0v) is 4.05. The molecule has 0 rings (SSSR count). The minimum Gasteiger partial charge on any atom is -0.363 e. The maximum Gasteiger partial charge on any atom is 0.269 e. The van der Waals surface area contributed by atoms with Gasteiger partial charge in [-0.3, -0.25) is 0 Å². The lowest BCUT2D eigenvalue weighted by Gasteiger charge is -1.91. The van der Waals surface area contributed by atoms with Crippen molar-refractivity contribution in [3.8, 4) is 6.07 Å². The van der Waals surface area contributed by atoms with Crippen LogP contribution in [0.1, 0.15) is 0 Å². The Labute approximate surface area is 46.9 Å². The number of hydrogen-bond acceptors (Lipinski definition) is 3. The molecule has 0 aromatic heterocycles. The number of rotatable bonds is 1. The topological polar surface area (TPSA) is 78.0 Å². The largest absolute Gasteiger partial charge is 0.363 e. The van der Waals surface area contributed by atoms with Crippen molar-refractivity contribution in [3.63, 3.8) is 0 Å². The third-order valence-electron chi connectivity index (χ3n) is 0.554. The van der Waals surface area contributed by atoms with E-state index >= 15 is 0 Å². The van der Waals surface area contributed by atoms with Crippen LogP contribution in [0.15, 0.2) is 0 Å². The van der Waals surface area contributed by atoms with Crippen LogP contribution in [0.2, 0.25) is 0 Å². The van der Waals surface area contributed by atoms with Gasteiger partial charge in [0.1, 0.15) is 6.04 Å². The van der Waals surface area contributed by atoms with Crippen molar-refractivity contribution >= 4 is 5.84 Å². The van der Waals surface area contributed by atoms with Crippen LogP contribution < -0.4 is 5.73 Å². The maximum absolute atomic E-state index is 7.98. The molecular weight excluding hydrogens is 104 g/mol. The van der Waals surface area contributed by atoms with E-state index in [1.54, 1.807) is 6.07 Å². The van der Waals surface area contributed by atoms with Gasteiger partial charge in [0.25, 0.3) is 5.84 Å². The summed E-state index contributed by atoms with van der Waals surface area (Å²) in [6.45, 7) is 6.21. The van der Waals surface area contributed by atoms with Crippen LogP contribution in [0.25, 0.3) is 4.85 Å². The lowest BCUT2D eigenvalue weighted by Crippen LogP contribution is -2.24. The molecule has 4 heteroatoms. The highest BCUT2D eigenvalue weighted by Gasteiger charge is 2.04. The fraction of sp³-hybridized carbons (Fsp3) is 0.250. The minimum absolute atomic E-state index is 0.410. The van der Waals surface area contributed by atoms with E-state index in [9.17, 15) is 0 Å². The fourth-order valence-corrected chi connectivity index (χ4v) is 0.131. The Balaban J connectivity index is 3.93. The highest BCUT2D eigenvalue weighted by Crippen LogP contribution is 1.79. The van der Waals surface area contributed by atoms with Crippen molar-refractivity contribution in [2.24, 2.45) is 5.73 Å². The predicted molar refractivity (Wildman–Crippen MR) is 27.9 cm³/mol. The third-order valence-corrected chi connectivity index (χ3v) is 0.554. The molecule has 3 N–H and O–H groups in total. The van der Waals surface area contributed by atoms with Crippen molar-refractivity contribution in [2.45, 2.75) is 6.04 Å². The van der Waals surface area contributed by atoms with E-state index in [0.717, 1.165) is 0 Å². The standard InChI is InChI=1S/C4H4N4/c1-8-4(7)3(6)2-5/h3,7H,6H2. The second-order valence-corrected chi connectivity index (χ2v) is 1.10. The van der Waals surface area contributed by atoms with Crippen molar-refractivity contribution in [1.29, 1.82) is 10.7 Å². The van der Waals surface area contributed by atoms with Gasteiger partial charge in [-0.25, -0.2) is 0 Å². The quantitative estimate of drug-likeness (QED) is 0.275. The molecule has 1 unspecified atom stereocenters. The highest BCUT2D eigenvalue weighted by atomic mass is 14.8. The summed E-state index contributed by atoms with van der Waals surface area (Å²) < 4.78 is 0. The predicted octanol–water partition coefficient (Wildman–Crippen LogP) is -0.266. The minimum atomic E-state index is -1.05. The van der Waals surface area contributed by atoms with Crippen LogP contribution in [0.3, 0.4) is 0 Å². The molecule has 0 aliphatic heterocycles. The SMILES string of the molecule is [C-]#[N+]C(=N)C(N)C#N. The number of nitrogens with zero attached hydrogens (tertiary/aromatic N) is 2. The smallest absolute Gasteiger partial charge is 0.269 e. The molecule has 0 amide bonds. The van der Waals surface area contributed by atoms with Crippen molar-refractivity contribution in [2.75, 3.05) is 0 Å². The molecule has 0 heterocycles. The van der Waals surface area contributed by atoms with Gasteiger partial charge in [-0.05, 0) is 0 Å². The Morgan fingerprint density at radius 1 is 2.00 bits per heavy atom. The van der Waals surface area contributed by atoms with Crippen molar-refractivity contribution in [1.82, 2.24) is 0 Å². The Morgan fingerprint density at radius 3 is 2.62 bits per heavy atom. The van der Waals surface area contributed by atoms with Crippen LogP contribution in [0, 0.1) is 23.3 Å². The van der Waals surface area contributed by atoms with Gasteiger partial charge in [-0.1, -0.05) is 6.57 Å². The summed E-state index contributed by atoms with van der Waals surface area (Å²) in [7, 11) is 0. The first-order valence-corrected chi connectivity index (χ1v) is 1.83. The first-order chi connectivity index (χ1) is 3.72. The first kappa shape index (κ1) is 6.61. The Hall–Kier alpha value is -1.39. The van der Waals surface area contributed by atoms with Crippen molar-refractivity contribution < 1.29 is 0 Å². The summed E-state index contributed by atoms with van der Waals surface area (Å²) in [5.41, 5.74) is 4.93. The molecule has 1 atom stereocenters. The lowest BCUT2D eigenvalue weighted by atomic mass is 10.3. The Kier molecular flexibility index (Phi) is 2.25. The molecule has 0 fully saturated rings. The Bertz CT molecular complexity index is 169. The van der Waals surface area contributed by atoms with Gasteiger partial charge < -0.3 is 10.6 Å². The molecule has 0 saturated carbocycles. The van der Waals surface area contributed by atoms with Gasteiger partial charge in [-0.15, -0.1) is 0 Å². The molecule has 0 aromatic carbocycles. The number of hydrogen-bond donors (Lipinski definition) is 2. The van der Waals surface area contributed by atoms with Gasteiger partial charge in [-0.2, -0.15) is 10.7 Å². The molecule has 0 radical (unpaired) electrons.